The number of hydrogen-bond acceptors (Lipinski definition) is 4. The molecular weight excluding hydrogens is 352 g/mol. The minimum absolute atomic E-state index is 0.271. The average Bonchev–Trinajstić information content (AvgIpc) is 2.73. The van der Waals surface area contributed by atoms with Crippen molar-refractivity contribution >= 4 is 17.5 Å². The molecule has 28 heavy (non-hydrogen) atoms. The highest BCUT2D eigenvalue weighted by molar-refractivity contribution is 6.05. The maximum Gasteiger partial charge on any atom is 0.257 e. The predicted molar refractivity (Wildman–Crippen MR) is 106 cm³/mol. The molecule has 0 bridgehead atoms. The number of nitriles is 1. The second-order valence-corrected chi connectivity index (χ2v) is 6.21. The molecule has 0 aliphatic rings. The van der Waals surface area contributed by atoms with Gasteiger partial charge in [0.15, 0.2) is 0 Å². The lowest BCUT2D eigenvalue weighted by molar-refractivity contribution is 0.0950. The smallest absolute Gasteiger partial charge is 0.257 e. The van der Waals surface area contributed by atoms with Crippen LogP contribution in [0.15, 0.2) is 67.0 Å². The van der Waals surface area contributed by atoms with E-state index < -0.39 is 0 Å². The molecule has 0 unspecified atom stereocenters. The Morgan fingerprint density at radius 1 is 1.00 bits per heavy atom. The standard InChI is InChI=1S/C22H18N4O2/c1-15-4-2-3-5-17(15)14-25-21(27)18-10-19(13-24-12-18)22(28)26-20-8-6-16(11-23)7-9-20/h2-10,12-13H,14H2,1H3,(H,25,27)(H,26,28). The maximum absolute atomic E-state index is 12.4. The first-order chi connectivity index (χ1) is 13.6. The summed E-state index contributed by atoms with van der Waals surface area (Å²) in [6.07, 6.45) is 2.82. The molecule has 0 saturated heterocycles. The Hall–Kier alpha value is -3.98. The fourth-order valence-electron chi connectivity index (χ4n) is 2.61. The summed E-state index contributed by atoms with van der Waals surface area (Å²) in [4.78, 5) is 28.8. The van der Waals surface area contributed by atoms with Crippen LogP contribution in [0.2, 0.25) is 0 Å². The fraction of sp³-hybridized carbons (Fsp3) is 0.0909. The summed E-state index contributed by atoms with van der Waals surface area (Å²) in [5.41, 5.74) is 3.76. The van der Waals surface area contributed by atoms with Gasteiger partial charge in [-0.15, -0.1) is 0 Å². The number of carbonyl (C=O) groups excluding carboxylic acids is 2. The lowest BCUT2D eigenvalue weighted by Crippen LogP contribution is -2.24. The minimum atomic E-state index is -0.384. The lowest BCUT2D eigenvalue weighted by Gasteiger charge is -2.09. The summed E-state index contributed by atoms with van der Waals surface area (Å²) in [5.74, 6) is -0.686. The Morgan fingerprint density at radius 3 is 2.36 bits per heavy atom. The third-order valence-corrected chi connectivity index (χ3v) is 4.24. The summed E-state index contributed by atoms with van der Waals surface area (Å²) < 4.78 is 0. The molecule has 1 heterocycles. The first-order valence-corrected chi connectivity index (χ1v) is 8.66. The number of carbonyl (C=O) groups is 2. The highest BCUT2D eigenvalue weighted by Crippen LogP contribution is 2.12. The van der Waals surface area contributed by atoms with Crippen molar-refractivity contribution in [2.75, 3.05) is 5.32 Å². The second-order valence-electron chi connectivity index (χ2n) is 6.21. The Balaban J connectivity index is 1.67. The molecule has 1 aromatic heterocycles. The van der Waals surface area contributed by atoms with Crippen LogP contribution in [0, 0.1) is 18.3 Å². The maximum atomic E-state index is 12.4. The van der Waals surface area contributed by atoms with E-state index in [2.05, 4.69) is 15.6 Å². The van der Waals surface area contributed by atoms with Gasteiger partial charge in [-0.2, -0.15) is 5.26 Å². The Morgan fingerprint density at radius 2 is 1.68 bits per heavy atom. The van der Waals surface area contributed by atoms with Gasteiger partial charge in [0.2, 0.25) is 0 Å². The lowest BCUT2D eigenvalue weighted by atomic mass is 10.1. The van der Waals surface area contributed by atoms with Crippen molar-refractivity contribution < 1.29 is 9.59 Å². The van der Waals surface area contributed by atoms with Gasteiger partial charge in [-0.1, -0.05) is 24.3 Å². The van der Waals surface area contributed by atoms with Crippen LogP contribution in [0.1, 0.15) is 37.4 Å². The van der Waals surface area contributed by atoms with Gasteiger partial charge in [-0.05, 0) is 48.4 Å². The van der Waals surface area contributed by atoms with Crippen LogP contribution in [0.3, 0.4) is 0 Å². The molecule has 0 atom stereocenters. The van der Waals surface area contributed by atoms with Crippen molar-refractivity contribution in [2.45, 2.75) is 13.5 Å². The van der Waals surface area contributed by atoms with Crippen LogP contribution < -0.4 is 10.6 Å². The van der Waals surface area contributed by atoms with Crippen molar-refractivity contribution in [1.29, 1.82) is 5.26 Å². The van der Waals surface area contributed by atoms with E-state index in [4.69, 9.17) is 5.26 Å². The Kier molecular flexibility index (Phi) is 5.78. The highest BCUT2D eigenvalue weighted by Gasteiger charge is 2.12. The monoisotopic (exact) mass is 370 g/mol. The highest BCUT2D eigenvalue weighted by atomic mass is 16.2. The van der Waals surface area contributed by atoms with E-state index in [1.54, 1.807) is 24.3 Å². The van der Waals surface area contributed by atoms with Gasteiger partial charge in [0.1, 0.15) is 0 Å². The molecule has 3 aromatic rings. The summed E-state index contributed by atoms with van der Waals surface area (Å²) in [6, 6.07) is 17.8. The molecule has 3 rings (SSSR count). The third-order valence-electron chi connectivity index (χ3n) is 4.24. The molecule has 6 nitrogen and oxygen atoms in total. The summed E-state index contributed by atoms with van der Waals surface area (Å²) in [7, 11) is 0. The van der Waals surface area contributed by atoms with E-state index in [0.717, 1.165) is 11.1 Å². The molecule has 0 fully saturated rings. The Labute approximate surface area is 162 Å². The number of pyridine rings is 1. The van der Waals surface area contributed by atoms with Crippen LogP contribution in [-0.2, 0) is 6.54 Å². The van der Waals surface area contributed by atoms with Crippen LogP contribution >= 0.6 is 0 Å². The first-order valence-electron chi connectivity index (χ1n) is 8.66. The normalized spacial score (nSPS) is 10.0. The van der Waals surface area contributed by atoms with E-state index in [-0.39, 0.29) is 17.4 Å². The van der Waals surface area contributed by atoms with Gasteiger partial charge in [0, 0.05) is 24.6 Å². The molecule has 6 heteroatoms. The van der Waals surface area contributed by atoms with Gasteiger partial charge in [-0.25, -0.2) is 0 Å². The second kappa shape index (κ2) is 8.60. The largest absolute Gasteiger partial charge is 0.348 e. The fourth-order valence-corrected chi connectivity index (χ4v) is 2.61. The van der Waals surface area contributed by atoms with Crippen molar-refractivity contribution in [1.82, 2.24) is 10.3 Å². The zero-order chi connectivity index (χ0) is 19.9. The molecule has 2 N–H and O–H groups in total. The van der Waals surface area contributed by atoms with Crippen molar-refractivity contribution in [3.8, 4) is 6.07 Å². The average molecular weight is 370 g/mol. The first kappa shape index (κ1) is 18.8. The van der Waals surface area contributed by atoms with Gasteiger partial charge < -0.3 is 10.6 Å². The van der Waals surface area contributed by atoms with Crippen molar-refractivity contribution in [3.63, 3.8) is 0 Å². The summed E-state index contributed by atoms with van der Waals surface area (Å²) >= 11 is 0. The predicted octanol–water partition coefficient (Wildman–Crippen LogP) is 3.44. The number of aryl methyl sites for hydroxylation is 1. The molecule has 0 aliphatic heterocycles. The van der Waals surface area contributed by atoms with E-state index in [0.29, 0.717) is 23.4 Å². The van der Waals surface area contributed by atoms with Crippen LogP contribution in [-0.4, -0.2) is 16.8 Å². The quantitative estimate of drug-likeness (QED) is 0.719. The van der Waals surface area contributed by atoms with Crippen LogP contribution in [0.5, 0.6) is 0 Å². The number of aromatic nitrogens is 1. The molecule has 0 spiro atoms. The zero-order valence-electron chi connectivity index (χ0n) is 15.3. The van der Waals surface area contributed by atoms with E-state index >= 15 is 0 Å². The number of benzene rings is 2. The summed E-state index contributed by atoms with van der Waals surface area (Å²) in [5, 5.41) is 14.4. The third kappa shape index (κ3) is 4.59. The molecule has 0 aliphatic carbocycles. The minimum Gasteiger partial charge on any atom is -0.348 e. The molecule has 0 saturated carbocycles. The van der Waals surface area contributed by atoms with Crippen molar-refractivity contribution in [2.24, 2.45) is 0 Å². The SMILES string of the molecule is Cc1ccccc1CNC(=O)c1cncc(C(=O)Nc2ccc(C#N)cc2)c1. The number of rotatable bonds is 5. The zero-order valence-corrected chi connectivity index (χ0v) is 15.3. The number of hydrogen-bond donors (Lipinski definition) is 2. The topological polar surface area (TPSA) is 94.9 Å². The number of nitrogens with one attached hydrogen (secondary N) is 2. The molecule has 138 valence electrons. The van der Waals surface area contributed by atoms with Gasteiger partial charge >= 0.3 is 0 Å². The summed E-state index contributed by atoms with van der Waals surface area (Å²) in [6.45, 7) is 2.38. The number of nitrogens with zero attached hydrogens (tertiary/aromatic N) is 2. The molecular formula is C22H18N4O2. The number of anilines is 1. The molecule has 2 amide bonds. The van der Waals surface area contributed by atoms with Gasteiger partial charge in [0.25, 0.3) is 11.8 Å². The van der Waals surface area contributed by atoms with Gasteiger partial charge in [-0.3, -0.25) is 14.6 Å². The molecule has 2 aromatic carbocycles. The van der Waals surface area contributed by atoms with Crippen molar-refractivity contribution in [3.05, 3.63) is 94.8 Å². The van der Waals surface area contributed by atoms with E-state index in [1.165, 1.54) is 18.5 Å². The van der Waals surface area contributed by atoms with Crippen LogP contribution in [0.25, 0.3) is 0 Å². The van der Waals surface area contributed by atoms with Gasteiger partial charge in [0.05, 0.1) is 22.8 Å². The molecule has 0 radical (unpaired) electrons. The van der Waals surface area contributed by atoms with Crippen LogP contribution in [0.4, 0.5) is 5.69 Å². The Bertz CT molecular complexity index is 1050. The van der Waals surface area contributed by atoms with E-state index in [1.807, 2.05) is 37.3 Å². The number of amides is 2. The van der Waals surface area contributed by atoms with E-state index in [9.17, 15) is 9.59 Å².